The van der Waals surface area contributed by atoms with Gasteiger partial charge >= 0.3 is 11.2 Å². The van der Waals surface area contributed by atoms with Crippen LogP contribution in [-0.2, 0) is 18.9 Å². The molecule has 0 bridgehead atoms. The summed E-state index contributed by atoms with van der Waals surface area (Å²) in [7, 11) is 0. The predicted octanol–water partition coefficient (Wildman–Crippen LogP) is 2.52. The Bertz CT molecular complexity index is 309. The zero-order valence-corrected chi connectivity index (χ0v) is 11.7. The van der Waals surface area contributed by atoms with Gasteiger partial charge in [-0.3, -0.25) is 0 Å². The van der Waals surface area contributed by atoms with Crippen molar-refractivity contribution in [2.45, 2.75) is 43.8 Å². The quantitative estimate of drug-likeness (QED) is 0.292. The van der Waals surface area contributed by atoms with Crippen LogP contribution in [0.2, 0.25) is 0 Å². The van der Waals surface area contributed by atoms with Crippen LogP contribution in [0.5, 0.6) is 0 Å². The Hall–Kier alpha value is -0.480. The van der Waals surface area contributed by atoms with Crippen molar-refractivity contribution in [1.29, 1.82) is 0 Å². The topological polar surface area (TPSA) is 85.2 Å². The number of aliphatic hydroxyl groups excluding tert-OH is 1. The first kappa shape index (κ1) is 17.6. The van der Waals surface area contributed by atoms with E-state index in [0.717, 1.165) is 25.7 Å². The van der Waals surface area contributed by atoms with Gasteiger partial charge in [0.25, 0.3) is 0 Å². The summed E-state index contributed by atoms with van der Waals surface area (Å²) in [4.78, 5) is 11.1. The predicted molar refractivity (Wildman–Crippen MR) is 65.5 cm³/mol. The minimum absolute atomic E-state index is 0.0294. The highest BCUT2D eigenvalue weighted by molar-refractivity contribution is 7.96. The standard InChI is InChI=1S/C11H18F2O6S/c12-11(13,20-19-18-16)9(15)17-8-6-10(5-7-14)3-1-2-4-10/h14,16H,1-8H2. The molecule has 0 aromatic carbocycles. The average Bonchev–Trinajstić information content (AvgIpc) is 2.85. The zero-order chi connectivity index (χ0) is 15.1. The van der Waals surface area contributed by atoms with E-state index in [0.29, 0.717) is 12.8 Å². The fourth-order valence-corrected chi connectivity index (χ4v) is 2.77. The molecule has 1 saturated carbocycles. The number of hydrogen-bond donors (Lipinski definition) is 2. The number of hydrogen-bond acceptors (Lipinski definition) is 7. The van der Waals surface area contributed by atoms with E-state index in [1.54, 1.807) is 0 Å². The lowest BCUT2D eigenvalue weighted by molar-refractivity contribution is -0.433. The van der Waals surface area contributed by atoms with E-state index in [1.165, 1.54) is 0 Å². The second-order valence-electron chi connectivity index (χ2n) is 4.81. The summed E-state index contributed by atoms with van der Waals surface area (Å²) in [6.07, 6.45) is 4.88. The van der Waals surface area contributed by atoms with Gasteiger partial charge in [0.1, 0.15) is 12.0 Å². The average molecular weight is 316 g/mol. The van der Waals surface area contributed by atoms with Crippen molar-refractivity contribution in [3.05, 3.63) is 0 Å². The Labute approximate surface area is 119 Å². The first-order valence-electron chi connectivity index (χ1n) is 6.28. The van der Waals surface area contributed by atoms with E-state index >= 15 is 0 Å². The number of ether oxygens (including phenoxy) is 1. The summed E-state index contributed by atoms with van der Waals surface area (Å²) in [6, 6.07) is 0. The Balaban J connectivity index is 2.36. The van der Waals surface area contributed by atoms with E-state index in [2.05, 4.69) is 14.1 Å². The van der Waals surface area contributed by atoms with Crippen molar-refractivity contribution in [3.8, 4) is 0 Å². The molecule has 2 N–H and O–H groups in total. The number of carbonyl (C=O) groups is 1. The molecule has 118 valence electrons. The number of rotatable bonds is 9. The summed E-state index contributed by atoms with van der Waals surface area (Å²) in [5.41, 5.74) is -0.123. The monoisotopic (exact) mass is 316 g/mol. The molecule has 0 aromatic heterocycles. The Morgan fingerprint density at radius 1 is 1.30 bits per heavy atom. The third-order valence-corrected chi connectivity index (χ3v) is 4.08. The molecule has 1 aliphatic carbocycles. The first-order valence-corrected chi connectivity index (χ1v) is 7.02. The van der Waals surface area contributed by atoms with Gasteiger partial charge in [0.05, 0.1) is 6.61 Å². The van der Waals surface area contributed by atoms with Crippen molar-refractivity contribution in [3.63, 3.8) is 0 Å². The molecule has 0 saturated heterocycles. The molecule has 0 spiro atoms. The lowest BCUT2D eigenvalue weighted by Gasteiger charge is -2.28. The number of esters is 1. The first-order chi connectivity index (χ1) is 9.46. The van der Waals surface area contributed by atoms with Gasteiger partial charge in [-0.25, -0.2) is 10.1 Å². The van der Waals surface area contributed by atoms with Gasteiger partial charge in [0.15, 0.2) is 0 Å². The van der Waals surface area contributed by atoms with Crippen molar-refractivity contribution >= 4 is 18.0 Å². The van der Waals surface area contributed by atoms with E-state index in [9.17, 15) is 13.6 Å². The van der Waals surface area contributed by atoms with Gasteiger partial charge in [-0.2, -0.15) is 8.78 Å². The molecule has 0 aliphatic heterocycles. The highest BCUT2D eigenvalue weighted by atomic mass is 32.2. The third kappa shape index (κ3) is 5.13. The molecule has 0 unspecified atom stereocenters. The molecule has 0 atom stereocenters. The van der Waals surface area contributed by atoms with Crippen LogP contribution >= 0.6 is 12.0 Å². The summed E-state index contributed by atoms with van der Waals surface area (Å²) in [5.74, 6) is -1.75. The molecule has 0 amide bonds. The van der Waals surface area contributed by atoms with E-state index in [4.69, 9.17) is 10.4 Å². The van der Waals surface area contributed by atoms with E-state index in [1.807, 2.05) is 0 Å². The molecule has 0 heterocycles. The van der Waals surface area contributed by atoms with Gasteiger partial charge in [-0.05, 0) is 31.1 Å². The molecule has 1 aliphatic rings. The second-order valence-corrected chi connectivity index (χ2v) is 5.62. The second kappa shape index (κ2) is 8.08. The minimum atomic E-state index is -3.96. The van der Waals surface area contributed by atoms with E-state index < -0.39 is 23.3 Å². The number of halogens is 2. The van der Waals surface area contributed by atoms with Crippen molar-refractivity contribution in [2.24, 2.45) is 5.41 Å². The van der Waals surface area contributed by atoms with Gasteiger partial charge in [-0.15, -0.1) is 4.33 Å². The molecule has 1 fully saturated rings. The summed E-state index contributed by atoms with van der Waals surface area (Å²) in [6.45, 7) is -0.114. The van der Waals surface area contributed by atoms with Crippen LogP contribution in [-0.4, -0.2) is 34.8 Å². The Morgan fingerprint density at radius 2 is 1.95 bits per heavy atom. The molecular weight excluding hydrogens is 298 g/mol. The van der Waals surface area contributed by atoms with Crippen molar-refractivity contribution in [2.75, 3.05) is 13.2 Å². The van der Waals surface area contributed by atoms with Gasteiger partial charge < -0.3 is 9.84 Å². The maximum atomic E-state index is 13.1. The largest absolute Gasteiger partial charge is 0.460 e. The third-order valence-electron chi connectivity index (χ3n) is 3.58. The maximum absolute atomic E-state index is 13.1. The van der Waals surface area contributed by atoms with Gasteiger partial charge in [0.2, 0.25) is 0 Å². The lowest BCUT2D eigenvalue weighted by Crippen LogP contribution is -2.29. The summed E-state index contributed by atoms with van der Waals surface area (Å²) < 4.78 is 34.2. The minimum Gasteiger partial charge on any atom is -0.460 e. The lowest BCUT2D eigenvalue weighted by atomic mass is 9.80. The highest BCUT2D eigenvalue weighted by Gasteiger charge is 2.44. The van der Waals surface area contributed by atoms with Crippen LogP contribution in [0, 0.1) is 5.41 Å². The maximum Gasteiger partial charge on any atom is 0.415 e. The van der Waals surface area contributed by atoms with Crippen LogP contribution in [0.3, 0.4) is 0 Å². The normalized spacial score (nSPS) is 18.2. The molecular formula is C11H18F2O6S. The number of carbonyl (C=O) groups excluding carboxylic acids is 1. The molecule has 9 heteroatoms. The summed E-state index contributed by atoms with van der Waals surface area (Å²) in [5, 5.41) is 15.9. The highest BCUT2D eigenvalue weighted by Crippen LogP contribution is 2.44. The van der Waals surface area contributed by atoms with E-state index in [-0.39, 0.29) is 18.6 Å². The number of alkyl halides is 2. The van der Waals surface area contributed by atoms with Crippen molar-refractivity contribution < 1.29 is 38.0 Å². The smallest absolute Gasteiger partial charge is 0.415 e. The fraction of sp³-hybridized carbons (Fsp3) is 0.909. The molecule has 0 radical (unpaired) electrons. The molecule has 20 heavy (non-hydrogen) atoms. The van der Waals surface area contributed by atoms with Gasteiger partial charge in [-0.1, -0.05) is 17.9 Å². The molecule has 0 aromatic rings. The summed E-state index contributed by atoms with van der Waals surface area (Å²) >= 11 is -0.641. The molecule has 6 nitrogen and oxygen atoms in total. The van der Waals surface area contributed by atoms with Crippen LogP contribution < -0.4 is 0 Å². The number of aliphatic hydroxyl groups is 1. The van der Waals surface area contributed by atoms with Crippen LogP contribution in [0.4, 0.5) is 8.78 Å². The van der Waals surface area contributed by atoms with Crippen LogP contribution in [0.1, 0.15) is 38.5 Å². The SMILES string of the molecule is O=C(OCCC1(CCO)CCCC1)C(F)(F)SOOO. The Morgan fingerprint density at radius 3 is 2.50 bits per heavy atom. The Kier molecular flexibility index (Phi) is 7.10. The van der Waals surface area contributed by atoms with Crippen LogP contribution in [0.15, 0.2) is 0 Å². The fourth-order valence-electron chi connectivity index (χ4n) is 2.52. The van der Waals surface area contributed by atoms with Crippen LogP contribution in [0.25, 0.3) is 0 Å². The van der Waals surface area contributed by atoms with Gasteiger partial charge in [0, 0.05) is 6.61 Å². The van der Waals surface area contributed by atoms with Crippen molar-refractivity contribution in [1.82, 2.24) is 0 Å². The molecule has 1 rings (SSSR count). The zero-order valence-electron chi connectivity index (χ0n) is 10.8.